The number of hydrogen-bond donors (Lipinski definition) is 2. The molecule has 0 saturated heterocycles. The third kappa shape index (κ3) is 5.08. The minimum Gasteiger partial charge on any atom is -0.348 e. The summed E-state index contributed by atoms with van der Waals surface area (Å²) >= 11 is 0. The van der Waals surface area contributed by atoms with Gasteiger partial charge < -0.3 is 16.0 Å². The molecule has 0 bridgehead atoms. The van der Waals surface area contributed by atoms with E-state index in [4.69, 9.17) is 5.73 Å². The predicted octanol–water partition coefficient (Wildman–Crippen LogP) is 0.0717. The Balaban J connectivity index is 2.82. The van der Waals surface area contributed by atoms with Crippen LogP contribution in [0, 0.1) is 11.8 Å². The van der Waals surface area contributed by atoms with Crippen LogP contribution >= 0.6 is 0 Å². The molecule has 0 aliphatic heterocycles. The zero-order valence-corrected chi connectivity index (χ0v) is 11.6. The minimum absolute atomic E-state index is 0.0611. The summed E-state index contributed by atoms with van der Waals surface area (Å²) < 4.78 is 0. The van der Waals surface area contributed by atoms with Crippen LogP contribution in [0.1, 0.15) is 22.8 Å². The van der Waals surface area contributed by atoms with Crippen molar-refractivity contribution < 1.29 is 4.79 Å². The Hall–Kier alpha value is -1.90. The van der Waals surface area contributed by atoms with Gasteiger partial charge >= 0.3 is 0 Å². The summed E-state index contributed by atoms with van der Waals surface area (Å²) in [7, 11) is 3.93. The monoisotopic (exact) mass is 260 g/mol. The first-order valence-electron chi connectivity index (χ1n) is 6.13. The molecule has 1 atom stereocenters. The average molecular weight is 260 g/mol. The third-order valence-electron chi connectivity index (χ3n) is 2.41. The smallest absolute Gasteiger partial charge is 0.252 e. The summed E-state index contributed by atoms with van der Waals surface area (Å²) in [5.74, 6) is 5.45. The zero-order chi connectivity index (χ0) is 14.3. The number of amides is 1. The second-order valence-electron chi connectivity index (χ2n) is 4.56. The predicted molar refractivity (Wildman–Crippen MR) is 75.7 cm³/mol. The van der Waals surface area contributed by atoms with Gasteiger partial charge in [0.25, 0.3) is 5.91 Å². The number of nitrogens with zero attached hydrogens (tertiary/aromatic N) is 2. The van der Waals surface area contributed by atoms with Crippen molar-refractivity contribution in [3.8, 4) is 11.8 Å². The van der Waals surface area contributed by atoms with Gasteiger partial charge in [-0.05, 0) is 27.1 Å². The van der Waals surface area contributed by atoms with Gasteiger partial charge in [0.1, 0.15) is 0 Å². The van der Waals surface area contributed by atoms with E-state index in [1.807, 2.05) is 25.9 Å². The normalized spacial score (nSPS) is 11.6. The van der Waals surface area contributed by atoms with E-state index in [9.17, 15) is 4.79 Å². The van der Waals surface area contributed by atoms with Gasteiger partial charge in [-0.25, -0.2) is 0 Å². The number of rotatable bonds is 4. The van der Waals surface area contributed by atoms with Crippen molar-refractivity contribution in [3.63, 3.8) is 0 Å². The number of nitrogens with one attached hydrogen (secondary N) is 1. The van der Waals surface area contributed by atoms with Crippen LogP contribution in [0.2, 0.25) is 0 Å². The molecule has 5 heteroatoms. The molecule has 0 spiro atoms. The third-order valence-corrected chi connectivity index (χ3v) is 2.41. The van der Waals surface area contributed by atoms with Crippen molar-refractivity contribution in [2.45, 2.75) is 13.0 Å². The molecule has 1 amide bonds. The molecule has 0 fully saturated rings. The molecule has 102 valence electrons. The van der Waals surface area contributed by atoms with E-state index in [1.165, 1.54) is 0 Å². The van der Waals surface area contributed by atoms with Crippen molar-refractivity contribution in [1.82, 2.24) is 15.2 Å². The standard InChI is InChI=1S/C14H20N4O/c1-11(10-18(2)3)17-14(19)13-6-8-16-9-12(13)5-4-7-15/h6,8-9,11H,7,10,15H2,1-3H3,(H,17,19). The number of pyridine rings is 1. The number of nitrogens with two attached hydrogens (primary N) is 1. The fourth-order valence-electron chi connectivity index (χ4n) is 1.73. The summed E-state index contributed by atoms with van der Waals surface area (Å²) in [6.07, 6.45) is 3.16. The van der Waals surface area contributed by atoms with E-state index in [0.29, 0.717) is 11.1 Å². The maximum Gasteiger partial charge on any atom is 0.252 e. The van der Waals surface area contributed by atoms with Gasteiger partial charge in [0.05, 0.1) is 17.7 Å². The Kier molecular flexibility index (Phi) is 6.00. The Labute approximate surface area is 114 Å². The number of likely N-dealkylation sites (N-methyl/N-ethyl adjacent to an activating group) is 1. The Morgan fingerprint density at radius 3 is 2.95 bits per heavy atom. The summed E-state index contributed by atoms with van der Waals surface area (Å²) in [6, 6.07) is 1.73. The van der Waals surface area contributed by atoms with Crippen LogP contribution in [-0.2, 0) is 0 Å². The van der Waals surface area contributed by atoms with Crippen LogP contribution in [0.5, 0.6) is 0 Å². The first kappa shape index (κ1) is 15.2. The lowest BCUT2D eigenvalue weighted by atomic mass is 10.1. The lowest BCUT2D eigenvalue weighted by Gasteiger charge is -2.18. The van der Waals surface area contributed by atoms with Crippen LogP contribution in [0.4, 0.5) is 0 Å². The van der Waals surface area contributed by atoms with E-state index in [-0.39, 0.29) is 18.5 Å². The Bertz CT molecular complexity index is 488. The zero-order valence-electron chi connectivity index (χ0n) is 11.6. The highest BCUT2D eigenvalue weighted by Gasteiger charge is 2.13. The van der Waals surface area contributed by atoms with Crippen molar-refractivity contribution in [2.75, 3.05) is 27.2 Å². The van der Waals surface area contributed by atoms with Gasteiger partial charge in [-0.15, -0.1) is 0 Å². The number of carbonyl (C=O) groups excluding carboxylic acids is 1. The van der Waals surface area contributed by atoms with Gasteiger partial charge in [-0.3, -0.25) is 9.78 Å². The van der Waals surface area contributed by atoms with Gasteiger partial charge in [-0.2, -0.15) is 0 Å². The van der Waals surface area contributed by atoms with Gasteiger partial charge in [0, 0.05) is 25.0 Å². The van der Waals surface area contributed by atoms with Crippen molar-refractivity contribution in [2.24, 2.45) is 5.73 Å². The summed E-state index contributed by atoms with van der Waals surface area (Å²) in [6.45, 7) is 3.00. The molecule has 1 aromatic rings. The molecular formula is C14H20N4O. The highest BCUT2D eigenvalue weighted by Crippen LogP contribution is 2.05. The molecule has 1 unspecified atom stereocenters. The lowest BCUT2D eigenvalue weighted by Crippen LogP contribution is -2.39. The van der Waals surface area contributed by atoms with Crippen LogP contribution in [0.15, 0.2) is 18.5 Å². The molecule has 5 nitrogen and oxygen atoms in total. The van der Waals surface area contributed by atoms with Crippen molar-refractivity contribution in [1.29, 1.82) is 0 Å². The molecule has 1 rings (SSSR count). The molecule has 0 aromatic carbocycles. The minimum atomic E-state index is -0.141. The molecule has 0 radical (unpaired) electrons. The van der Waals surface area contributed by atoms with Crippen LogP contribution in [0.25, 0.3) is 0 Å². The molecule has 0 aliphatic carbocycles. The quantitative estimate of drug-likeness (QED) is 0.752. The largest absolute Gasteiger partial charge is 0.348 e. The second-order valence-corrected chi connectivity index (χ2v) is 4.56. The number of hydrogen-bond acceptors (Lipinski definition) is 4. The van der Waals surface area contributed by atoms with Gasteiger partial charge in [0.2, 0.25) is 0 Å². The molecule has 1 aromatic heterocycles. The SMILES string of the molecule is CC(CN(C)C)NC(=O)c1ccncc1C#CCN. The van der Waals surface area contributed by atoms with E-state index >= 15 is 0 Å². The molecule has 1 heterocycles. The average Bonchev–Trinajstić information content (AvgIpc) is 2.35. The van der Waals surface area contributed by atoms with Crippen molar-refractivity contribution >= 4 is 5.91 Å². The molecule has 0 aliphatic rings. The fraction of sp³-hybridized carbons (Fsp3) is 0.429. The first-order valence-corrected chi connectivity index (χ1v) is 6.13. The van der Waals surface area contributed by atoms with Gasteiger partial charge in [0.15, 0.2) is 0 Å². The Morgan fingerprint density at radius 1 is 1.58 bits per heavy atom. The maximum absolute atomic E-state index is 12.2. The highest BCUT2D eigenvalue weighted by atomic mass is 16.1. The van der Waals surface area contributed by atoms with E-state index in [1.54, 1.807) is 18.5 Å². The van der Waals surface area contributed by atoms with E-state index in [2.05, 4.69) is 22.1 Å². The molecule has 19 heavy (non-hydrogen) atoms. The Morgan fingerprint density at radius 2 is 2.32 bits per heavy atom. The van der Waals surface area contributed by atoms with E-state index < -0.39 is 0 Å². The highest BCUT2D eigenvalue weighted by molar-refractivity contribution is 5.96. The fourth-order valence-corrected chi connectivity index (χ4v) is 1.73. The number of carbonyl (C=O) groups is 1. The second kappa shape index (κ2) is 7.52. The summed E-state index contributed by atoms with van der Waals surface area (Å²) in [5, 5.41) is 2.94. The lowest BCUT2D eigenvalue weighted by molar-refractivity contribution is 0.0934. The van der Waals surface area contributed by atoms with Crippen LogP contribution in [0.3, 0.4) is 0 Å². The number of aromatic nitrogens is 1. The molecular weight excluding hydrogens is 240 g/mol. The summed E-state index contributed by atoms with van der Waals surface area (Å²) in [4.78, 5) is 18.2. The topological polar surface area (TPSA) is 71.2 Å². The summed E-state index contributed by atoms with van der Waals surface area (Å²) in [5.41, 5.74) is 6.47. The first-order chi connectivity index (χ1) is 9.04. The molecule has 3 N–H and O–H groups in total. The van der Waals surface area contributed by atoms with E-state index in [0.717, 1.165) is 6.54 Å². The van der Waals surface area contributed by atoms with Crippen LogP contribution < -0.4 is 11.1 Å². The van der Waals surface area contributed by atoms with Crippen molar-refractivity contribution in [3.05, 3.63) is 29.6 Å². The molecule has 0 saturated carbocycles. The maximum atomic E-state index is 12.2. The van der Waals surface area contributed by atoms with Crippen LogP contribution in [-0.4, -0.2) is 49.0 Å². The van der Waals surface area contributed by atoms with Gasteiger partial charge in [-0.1, -0.05) is 11.8 Å².